The number of aryl methyl sites for hydroxylation is 2. The molecule has 0 fully saturated rings. The highest BCUT2D eigenvalue weighted by atomic mass is 16.5. The van der Waals surface area contributed by atoms with E-state index in [1.807, 2.05) is 13.8 Å². The number of nitrogens with zero attached hydrogens (tertiary/aromatic N) is 1. The fraction of sp³-hybridized carbons (Fsp3) is 0.267. The molecular weight excluding hydrogens is 270 g/mol. The number of nitrogens with one attached hydrogen (secondary N) is 2. The molecule has 0 aliphatic heterocycles. The first-order chi connectivity index (χ1) is 10.0. The van der Waals surface area contributed by atoms with E-state index >= 15 is 0 Å². The van der Waals surface area contributed by atoms with Crippen LogP contribution in [-0.2, 0) is 16.0 Å². The Morgan fingerprint density at radius 3 is 2.43 bits per heavy atom. The third kappa shape index (κ3) is 3.47. The molecule has 0 spiro atoms. The number of rotatable bonds is 4. The first kappa shape index (κ1) is 14.8. The van der Waals surface area contributed by atoms with E-state index in [-0.39, 0.29) is 12.3 Å². The van der Waals surface area contributed by atoms with E-state index < -0.39 is 5.97 Å². The largest absolute Gasteiger partial charge is 0.465 e. The summed E-state index contributed by atoms with van der Waals surface area (Å²) in [6.07, 6.45) is 0.257. The zero-order valence-electron chi connectivity index (χ0n) is 12.2. The lowest BCUT2D eigenvalue weighted by molar-refractivity contribution is -0.115. The maximum Gasteiger partial charge on any atom is 0.337 e. The molecule has 2 aromatic rings. The van der Waals surface area contributed by atoms with Gasteiger partial charge in [-0.15, -0.1) is 0 Å². The predicted molar refractivity (Wildman–Crippen MR) is 78.2 cm³/mol. The Kier molecular flexibility index (Phi) is 4.37. The molecule has 0 saturated heterocycles. The number of carbonyl (C=O) groups excluding carboxylic acids is 2. The molecule has 0 aliphatic carbocycles. The summed E-state index contributed by atoms with van der Waals surface area (Å²) in [7, 11) is 1.33. The van der Waals surface area contributed by atoms with Crippen LogP contribution in [0.4, 0.5) is 5.69 Å². The highest BCUT2D eigenvalue weighted by molar-refractivity contribution is 5.94. The van der Waals surface area contributed by atoms with Crippen molar-refractivity contribution in [2.24, 2.45) is 0 Å². The first-order valence-corrected chi connectivity index (χ1v) is 6.50. The summed E-state index contributed by atoms with van der Waals surface area (Å²) >= 11 is 0. The van der Waals surface area contributed by atoms with Crippen molar-refractivity contribution in [2.45, 2.75) is 20.3 Å². The van der Waals surface area contributed by atoms with Gasteiger partial charge in [0.15, 0.2) is 0 Å². The number of esters is 1. The van der Waals surface area contributed by atoms with Crippen LogP contribution in [0, 0.1) is 13.8 Å². The Morgan fingerprint density at radius 1 is 1.24 bits per heavy atom. The van der Waals surface area contributed by atoms with Crippen molar-refractivity contribution in [3.05, 3.63) is 46.8 Å². The van der Waals surface area contributed by atoms with Crippen LogP contribution < -0.4 is 5.32 Å². The molecule has 110 valence electrons. The molecule has 1 heterocycles. The molecule has 0 unspecified atom stereocenters. The van der Waals surface area contributed by atoms with E-state index in [2.05, 4.69) is 20.3 Å². The van der Waals surface area contributed by atoms with Crippen molar-refractivity contribution in [3.63, 3.8) is 0 Å². The van der Waals surface area contributed by atoms with Gasteiger partial charge >= 0.3 is 5.97 Å². The van der Waals surface area contributed by atoms with Crippen LogP contribution in [0.3, 0.4) is 0 Å². The smallest absolute Gasteiger partial charge is 0.337 e. The third-order valence-electron chi connectivity index (χ3n) is 3.21. The fourth-order valence-corrected chi connectivity index (χ4v) is 2.01. The van der Waals surface area contributed by atoms with Gasteiger partial charge in [0.2, 0.25) is 5.91 Å². The minimum Gasteiger partial charge on any atom is -0.465 e. The Hall–Kier alpha value is -2.63. The fourth-order valence-electron chi connectivity index (χ4n) is 2.01. The second-order valence-corrected chi connectivity index (χ2v) is 4.71. The molecule has 2 rings (SSSR count). The standard InChI is InChI=1S/C15H17N3O3/c1-9-13(10(2)18-17-9)8-14(19)16-12-6-4-11(5-7-12)15(20)21-3/h4-7H,8H2,1-3H3,(H,16,19)(H,17,18). The van der Waals surface area contributed by atoms with Crippen molar-refractivity contribution in [1.82, 2.24) is 10.2 Å². The number of hydrogen-bond acceptors (Lipinski definition) is 4. The highest BCUT2D eigenvalue weighted by Crippen LogP contribution is 2.13. The van der Waals surface area contributed by atoms with Crippen LogP contribution in [0.2, 0.25) is 0 Å². The molecule has 6 nitrogen and oxygen atoms in total. The monoisotopic (exact) mass is 287 g/mol. The van der Waals surface area contributed by atoms with E-state index in [4.69, 9.17) is 0 Å². The van der Waals surface area contributed by atoms with E-state index in [0.29, 0.717) is 11.3 Å². The van der Waals surface area contributed by atoms with Crippen LogP contribution in [0.1, 0.15) is 27.3 Å². The van der Waals surface area contributed by atoms with Gasteiger partial charge in [0.05, 0.1) is 24.8 Å². The number of aromatic nitrogens is 2. The normalized spacial score (nSPS) is 10.2. The van der Waals surface area contributed by atoms with Crippen molar-refractivity contribution in [1.29, 1.82) is 0 Å². The van der Waals surface area contributed by atoms with Gasteiger partial charge in [-0.05, 0) is 38.1 Å². The molecule has 0 bridgehead atoms. The molecule has 1 amide bonds. The maximum atomic E-state index is 12.0. The minimum atomic E-state index is -0.405. The van der Waals surface area contributed by atoms with Gasteiger partial charge in [-0.3, -0.25) is 9.89 Å². The SMILES string of the molecule is COC(=O)c1ccc(NC(=O)Cc2c(C)n[nH]c2C)cc1. The molecule has 6 heteroatoms. The number of aromatic amines is 1. The van der Waals surface area contributed by atoms with Crippen molar-refractivity contribution in [3.8, 4) is 0 Å². The summed E-state index contributed by atoms with van der Waals surface area (Å²) in [5.41, 5.74) is 3.69. The number of amides is 1. The molecular formula is C15H17N3O3. The molecule has 0 radical (unpaired) electrons. The van der Waals surface area contributed by atoms with Gasteiger partial charge in [0, 0.05) is 16.9 Å². The van der Waals surface area contributed by atoms with Crippen LogP contribution in [-0.4, -0.2) is 29.2 Å². The zero-order chi connectivity index (χ0) is 15.4. The van der Waals surface area contributed by atoms with Crippen LogP contribution in [0.5, 0.6) is 0 Å². The topological polar surface area (TPSA) is 84.1 Å². The second kappa shape index (κ2) is 6.21. The number of ether oxygens (including phenoxy) is 1. The second-order valence-electron chi connectivity index (χ2n) is 4.71. The van der Waals surface area contributed by atoms with Crippen molar-refractivity contribution < 1.29 is 14.3 Å². The average molecular weight is 287 g/mol. The first-order valence-electron chi connectivity index (χ1n) is 6.50. The Balaban J connectivity index is 2.01. The number of H-pyrrole nitrogens is 1. The number of methoxy groups -OCH3 is 1. The average Bonchev–Trinajstić information content (AvgIpc) is 2.79. The van der Waals surface area contributed by atoms with E-state index in [1.54, 1.807) is 24.3 Å². The molecule has 0 saturated carbocycles. The van der Waals surface area contributed by atoms with Crippen molar-refractivity contribution >= 4 is 17.6 Å². The number of carbonyl (C=O) groups is 2. The summed E-state index contributed by atoms with van der Waals surface area (Å²) in [6, 6.07) is 6.55. The molecule has 1 aromatic carbocycles. The van der Waals surface area contributed by atoms with Gasteiger partial charge in [-0.1, -0.05) is 0 Å². The lowest BCUT2D eigenvalue weighted by Crippen LogP contribution is -2.15. The Morgan fingerprint density at radius 2 is 1.90 bits per heavy atom. The van der Waals surface area contributed by atoms with Gasteiger partial charge in [-0.2, -0.15) is 5.10 Å². The summed E-state index contributed by atoms with van der Waals surface area (Å²) in [5.74, 6) is -0.536. The molecule has 0 aliphatic rings. The summed E-state index contributed by atoms with van der Waals surface area (Å²) in [5, 5.41) is 9.70. The van der Waals surface area contributed by atoms with Crippen LogP contribution in [0.25, 0.3) is 0 Å². The van der Waals surface area contributed by atoms with Gasteiger partial charge < -0.3 is 10.1 Å². The lowest BCUT2D eigenvalue weighted by Gasteiger charge is -2.06. The Labute approximate surface area is 122 Å². The lowest BCUT2D eigenvalue weighted by atomic mass is 10.1. The molecule has 0 atom stereocenters. The van der Waals surface area contributed by atoms with Gasteiger partial charge in [-0.25, -0.2) is 4.79 Å². The molecule has 2 N–H and O–H groups in total. The van der Waals surface area contributed by atoms with Gasteiger partial charge in [0.1, 0.15) is 0 Å². The zero-order valence-corrected chi connectivity index (χ0v) is 12.2. The van der Waals surface area contributed by atoms with Crippen LogP contribution in [0.15, 0.2) is 24.3 Å². The number of benzene rings is 1. The molecule has 1 aromatic heterocycles. The summed E-state index contributed by atoms with van der Waals surface area (Å²) in [4.78, 5) is 23.3. The van der Waals surface area contributed by atoms with Gasteiger partial charge in [0.25, 0.3) is 0 Å². The van der Waals surface area contributed by atoms with E-state index in [0.717, 1.165) is 17.0 Å². The molecule has 21 heavy (non-hydrogen) atoms. The van der Waals surface area contributed by atoms with Crippen molar-refractivity contribution in [2.75, 3.05) is 12.4 Å². The number of hydrogen-bond donors (Lipinski definition) is 2. The van der Waals surface area contributed by atoms with Crippen LogP contribution >= 0.6 is 0 Å². The minimum absolute atomic E-state index is 0.131. The highest BCUT2D eigenvalue weighted by Gasteiger charge is 2.12. The third-order valence-corrected chi connectivity index (χ3v) is 3.21. The van der Waals surface area contributed by atoms with E-state index in [9.17, 15) is 9.59 Å². The maximum absolute atomic E-state index is 12.0. The van der Waals surface area contributed by atoms with E-state index in [1.165, 1.54) is 7.11 Å². The predicted octanol–water partition coefficient (Wildman–Crippen LogP) is 1.99. The number of anilines is 1. The summed E-state index contributed by atoms with van der Waals surface area (Å²) < 4.78 is 4.62. The Bertz CT molecular complexity index is 640. The quantitative estimate of drug-likeness (QED) is 0.842. The summed E-state index contributed by atoms with van der Waals surface area (Å²) in [6.45, 7) is 3.74.